The van der Waals surface area contributed by atoms with Gasteiger partial charge in [-0.1, -0.05) is 20.8 Å². The monoisotopic (exact) mass is 444 g/mol. The van der Waals surface area contributed by atoms with Gasteiger partial charge in [0.2, 0.25) is 5.78 Å². The first-order chi connectivity index (χ1) is 6.46. The standard InChI is InChI=1S/C11H18O4.Ba.Sr.4H/c1-10(2,3)7(12)8(13)15-9(14)11(4,5)6;;;;;;/h1-6H3;;;;;;/q;2*+2;4*-1. The smallest absolute Gasteiger partial charge is 1.00 e. The van der Waals surface area contributed by atoms with Gasteiger partial charge in [0.05, 0.1) is 5.41 Å². The van der Waals surface area contributed by atoms with Crippen molar-refractivity contribution >= 4 is 112 Å². The number of ketones is 1. The van der Waals surface area contributed by atoms with Gasteiger partial charge in [-0.3, -0.25) is 9.59 Å². The Morgan fingerprint density at radius 1 is 0.882 bits per heavy atom. The summed E-state index contributed by atoms with van der Waals surface area (Å²) in [6, 6.07) is 0. The fourth-order valence-electron chi connectivity index (χ4n) is 0.590. The number of Topliss-reactive ketones (excluding diaryl/α,β-unsaturated/α-hetero) is 1. The van der Waals surface area contributed by atoms with Crippen molar-refractivity contribution in [3.63, 3.8) is 0 Å². The summed E-state index contributed by atoms with van der Waals surface area (Å²) in [5.74, 6) is -2.47. The second-order valence-electron chi connectivity index (χ2n) is 5.51. The van der Waals surface area contributed by atoms with Crippen LogP contribution in [-0.2, 0) is 19.1 Å². The van der Waals surface area contributed by atoms with Crippen LogP contribution in [0.4, 0.5) is 0 Å². The van der Waals surface area contributed by atoms with E-state index in [0.29, 0.717) is 0 Å². The summed E-state index contributed by atoms with van der Waals surface area (Å²) < 4.78 is 4.48. The van der Waals surface area contributed by atoms with Crippen LogP contribution in [0.15, 0.2) is 0 Å². The van der Waals surface area contributed by atoms with Crippen molar-refractivity contribution in [3.8, 4) is 0 Å². The Labute approximate surface area is 186 Å². The van der Waals surface area contributed by atoms with E-state index < -0.39 is 28.6 Å². The van der Waals surface area contributed by atoms with Gasteiger partial charge in [-0.2, -0.15) is 0 Å². The van der Waals surface area contributed by atoms with Crippen LogP contribution in [0.25, 0.3) is 0 Å². The van der Waals surface area contributed by atoms with Crippen LogP contribution in [0.1, 0.15) is 47.2 Å². The van der Waals surface area contributed by atoms with Crippen LogP contribution in [0.3, 0.4) is 0 Å². The molecule has 4 nitrogen and oxygen atoms in total. The van der Waals surface area contributed by atoms with E-state index in [-0.39, 0.29) is 100 Å². The van der Waals surface area contributed by atoms with E-state index in [1.54, 1.807) is 41.5 Å². The van der Waals surface area contributed by atoms with Crippen LogP contribution in [-0.4, -0.2) is 112 Å². The predicted octanol–water partition coefficient (Wildman–Crippen LogP) is 1.41. The summed E-state index contributed by atoms with van der Waals surface area (Å²) in [7, 11) is 0. The van der Waals surface area contributed by atoms with E-state index >= 15 is 0 Å². The molecule has 0 aromatic rings. The first-order valence-electron chi connectivity index (χ1n) is 4.77. The molecule has 0 amide bonds. The number of ether oxygens (including phenoxy) is 1. The molecule has 0 saturated carbocycles. The number of hydrogen-bond donors (Lipinski definition) is 0. The predicted molar refractivity (Wildman–Crippen MR) is 71.0 cm³/mol. The molecule has 0 saturated heterocycles. The third kappa shape index (κ3) is 9.40. The zero-order valence-corrected chi connectivity index (χ0v) is 19.5. The Balaban J connectivity index is -0.0000000653. The molecule has 17 heavy (non-hydrogen) atoms. The topological polar surface area (TPSA) is 60.4 Å². The fraction of sp³-hybridized carbons (Fsp3) is 0.727. The van der Waals surface area contributed by atoms with E-state index in [0.717, 1.165) is 0 Å². The summed E-state index contributed by atoms with van der Waals surface area (Å²) in [4.78, 5) is 34.0. The van der Waals surface area contributed by atoms with Crippen molar-refractivity contribution in [2.24, 2.45) is 10.8 Å². The van der Waals surface area contributed by atoms with Crippen LogP contribution >= 0.6 is 0 Å². The van der Waals surface area contributed by atoms with E-state index in [1.165, 1.54) is 0 Å². The van der Waals surface area contributed by atoms with Crippen molar-refractivity contribution in [3.05, 3.63) is 0 Å². The SMILES string of the molecule is CC(C)(C)C(=O)OC(=O)C(=O)C(C)(C)C.[Ba+2].[H-].[H-].[H-].[H-].[Sr+2]. The molecule has 0 aromatic heterocycles. The zero-order valence-electron chi connectivity index (χ0n) is 15.5. The van der Waals surface area contributed by atoms with Gasteiger partial charge in [0, 0.05) is 5.41 Å². The number of hydrogen-bond acceptors (Lipinski definition) is 4. The normalized spacial score (nSPS) is 10.7. The Hall–Kier alpha value is 1.86. The summed E-state index contributed by atoms with van der Waals surface area (Å²) in [5.41, 5.74) is -1.61. The third-order valence-corrected chi connectivity index (χ3v) is 1.66. The summed E-state index contributed by atoms with van der Waals surface area (Å²) in [5, 5.41) is 0. The molecule has 0 aliphatic rings. The average molecular weight is 443 g/mol. The van der Waals surface area contributed by atoms with E-state index in [2.05, 4.69) is 4.74 Å². The van der Waals surface area contributed by atoms with E-state index in [1.807, 2.05) is 0 Å². The molecule has 0 atom stereocenters. The van der Waals surface area contributed by atoms with Crippen molar-refractivity contribution in [1.29, 1.82) is 0 Å². The van der Waals surface area contributed by atoms with E-state index in [4.69, 9.17) is 0 Å². The number of esters is 2. The van der Waals surface area contributed by atoms with Crippen LogP contribution < -0.4 is 0 Å². The first-order valence-corrected chi connectivity index (χ1v) is 4.77. The van der Waals surface area contributed by atoms with Gasteiger partial charge in [0.1, 0.15) is 0 Å². The maximum Gasteiger partial charge on any atom is 2.00 e. The van der Waals surface area contributed by atoms with Gasteiger partial charge in [0.25, 0.3) is 0 Å². The average Bonchev–Trinajstić information content (AvgIpc) is 1.99. The Morgan fingerprint density at radius 2 is 1.24 bits per heavy atom. The van der Waals surface area contributed by atoms with E-state index in [9.17, 15) is 14.4 Å². The number of rotatable bonds is 1. The maximum absolute atomic E-state index is 11.4. The molecule has 0 unspecified atom stereocenters. The van der Waals surface area contributed by atoms with Crippen molar-refractivity contribution < 1.29 is 24.8 Å². The minimum atomic E-state index is -1.08. The largest absolute Gasteiger partial charge is 2.00 e. The molecule has 94 valence electrons. The molecule has 0 aliphatic carbocycles. The van der Waals surface area contributed by atoms with Crippen LogP contribution in [0.2, 0.25) is 0 Å². The molecule has 0 N–H and O–H groups in total. The molecule has 0 radical (unpaired) electrons. The molecule has 0 fully saturated rings. The summed E-state index contributed by atoms with van der Waals surface area (Å²) in [6.45, 7) is 9.63. The number of carbonyl (C=O) groups is 3. The van der Waals surface area contributed by atoms with Crippen LogP contribution in [0.5, 0.6) is 0 Å². The molecule has 0 aromatic carbocycles. The Morgan fingerprint density at radius 3 is 1.47 bits per heavy atom. The third-order valence-electron chi connectivity index (χ3n) is 1.66. The molecule has 0 heterocycles. The minimum Gasteiger partial charge on any atom is -1.00 e. The number of carbonyl (C=O) groups excluding carboxylic acids is 3. The maximum atomic E-state index is 11.4. The quantitative estimate of drug-likeness (QED) is 0.266. The zero-order chi connectivity index (χ0) is 12.4. The van der Waals surface area contributed by atoms with Gasteiger partial charge in [-0.15, -0.1) is 0 Å². The van der Waals surface area contributed by atoms with Crippen molar-refractivity contribution in [1.82, 2.24) is 0 Å². The summed E-state index contributed by atoms with van der Waals surface area (Å²) in [6.07, 6.45) is 0. The van der Waals surface area contributed by atoms with Gasteiger partial charge >= 0.3 is 106 Å². The molecular weight excluding hydrogens is 421 g/mol. The van der Waals surface area contributed by atoms with Crippen LogP contribution in [0, 0.1) is 10.8 Å². The Kier molecular flexibility index (Phi) is 12.5. The molecule has 0 rings (SSSR count). The fourth-order valence-corrected chi connectivity index (χ4v) is 0.590. The summed E-state index contributed by atoms with van der Waals surface area (Å²) >= 11 is 0. The molecular formula is C11H22BaO4Sr. The van der Waals surface area contributed by atoms with Crippen molar-refractivity contribution in [2.45, 2.75) is 41.5 Å². The van der Waals surface area contributed by atoms with Gasteiger partial charge in [-0.05, 0) is 20.8 Å². The Bertz CT molecular complexity index is 314. The minimum absolute atomic E-state index is 0. The second kappa shape index (κ2) is 8.92. The van der Waals surface area contributed by atoms with Gasteiger partial charge < -0.3 is 10.4 Å². The molecule has 0 aliphatic heterocycles. The molecule has 6 heteroatoms. The first kappa shape index (κ1) is 23.9. The van der Waals surface area contributed by atoms with Gasteiger partial charge in [0.15, 0.2) is 0 Å². The molecule has 0 spiro atoms. The molecule has 0 bridgehead atoms. The van der Waals surface area contributed by atoms with Crippen molar-refractivity contribution in [2.75, 3.05) is 0 Å². The second-order valence-corrected chi connectivity index (χ2v) is 5.51. The van der Waals surface area contributed by atoms with Gasteiger partial charge in [-0.25, -0.2) is 4.79 Å².